The Morgan fingerprint density at radius 1 is 0.885 bits per heavy atom. The first kappa shape index (κ1) is 47.9. The molecule has 10 heteroatoms. The van der Waals surface area contributed by atoms with Gasteiger partial charge in [-0.1, -0.05) is 138 Å². The van der Waals surface area contributed by atoms with Crippen LogP contribution in [0.5, 0.6) is 11.5 Å². The Morgan fingerprint density at radius 2 is 1.57 bits per heavy atom. The van der Waals surface area contributed by atoms with E-state index in [1.165, 1.54) is 44.9 Å². The van der Waals surface area contributed by atoms with Crippen LogP contribution in [0, 0.1) is 17.8 Å². The molecule has 10 nitrogen and oxygen atoms in total. The highest BCUT2D eigenvalue weighted by Gasteiger charge is 2.65. The van der Waals surface area contributed by atoms with Crippen LogP contribution in [0.4, 0.5) is 4.79 Å². The molecule has 0 saturated heterocycles. The molecular formula is C51H74N2O8. The van der Waals surface area contributed by atoms with Crippen LogP contribution in [0.1, 0.15) is 133 Å². The number of oxime groups is 1. The maximum Gasteiger partial charge on any atom is 0.409 e. The summed E-state index contributed by atoms with van der Waals surface area (Å²) in [5, 5.41) is 24.7. The second kappa shape index (κ2) is 25.7. The zero-order chi connectivity index (χ0) is 43.3. The SMILES string of the molecule is C=CCOc1ccc2c(c1)C1C(CCCCO)C(CCCCO)C=C3C(=NOCc4ccccc4)CC(N(C)C(=O)OCCCCCCCCCCCC)C(OCC=C)(O2)C31. The van der Waals surface area contributed by atoms with Gasteiger partial charge in [0.1, 0.15) is 30.8 Å². The van der Waals surface area contributed by atoms with Gasteiger partial charge in [-0.05, 0) is 73.3 Å². The summed E-state index contributed by atoms with van der Waals surface area (Å²) < 4.78 is 26.4. The summed E-state index contributed by atoms with van der Waals surface area (Å²) in [6, 6.07) is 15.3. The van der Waals surface area contributed by atoms with Crippen LogP contribution < -0.4 is 9.47 Å². The molecule has 6 atom stereocenters. The van der Waals surface area contributed by atoms with E-state index in [4.69, 9.17) is 28.9 Å². The van der Waals surface area contributed by atoms with Gasteiger partial charge in [0, 0.05) is 38.2 Å². The summed E-state index contributed by atoms with van der Waals surface area (Å²) in [4.78, 5) is 22.0. The van der Waals surface area contributed by atoms with E-state index in [2.05, 4.69) is 32.2 Å². The van der Waals surface area contributed by atoms with Crippen molar-refractivity contribution in [1.29, 1.82) is 0 Å². The number of hydrogen-bond donors (Lipinski definition) is 2. The number of allylic oxidation sites excluding steroid dienone is 1. The zero-order valence-electron chi connectivity index (χ0n) is 37.2. The van der Waals surface area contributed by atoms with Crippen molar-refractivity contribution < 1.29 is 38.8 Å². The third-order valence-electron chi connectivity index (χ3n) is 12.7. The lowest BCUT2D eigenvalue weighted by molar-refractivity contribution is -0.253. The highest BCUT2D eigenvalue weighted by molar-refractivity contribution is 6.02. The number of aliphatic hydroxyl groups is 2. The first-order valence-corrected chi connectivity index (χ1v) is 23.3. The number of fused-ring (bicyclic) bond motifs is 2. The van der Waals surface area contributed by atoms with E-state index in [1.54, 1.807) is 24.1 Å². The van der Waals surface area contributed by atoms with Crippen molar-refractivity contribution in [3.8, 4) is 11.5 Å². The Kier molecular flexibility index (Phi) is 20.2. The van der Waals surface area contributed by atoms with E-state index in [1.807, 2.05) is 42.5 Å². The highest BCUT2D eigenvalue weighted by Crippen LogP contribution is 2.61. The maximum absolute atomic E-state index is 14.2. The Hall–Kier alpha value is -4.12. The van der Waals surface area contributed by atoms with E-state index in [-0.39, 0.29) is 44.2 Å². The van der Waals surface area contributed by atoms with Crippen LogP contribution >= 0.6 is 0 Å². The molecule has 0 aromatic heterocycles. The molecule has 1 fully saturated rings. The molecule has 61 heavy (non-hydrogen) atoms. The highest BCUT2D eigenvalue weighted by atomic mass is 16.7. The summed E-state index contributed by atoms with van der Waals surface area (Å²) in [5.74, 6) is -0.255. The third kappa shape index (κ3) is 13.0. The monoisotopic (exact) mass is 843 g/mol. The van der Waals surface area contributed by atoms with Crippen molar-refractivity contribution in [2.45, 2.75) is 140 Å². The summed E-state index contributed by atoms with van der Waals surface area (Å²) in [6.45, 7) is 11.6. The number of aliphatic hydroxyl groups excluding tert-OH is 2. The lowest BCUT2D eigenvalue weighted by atomic mass is 9.55. The fraction of sp³-hybridized carbons (Fsp3) is 0.608. The number of nitrogens with zero attached hydrogens (tertiary/aromatic N) is 2. The number of hydrogen-bond acceptors (Lipinski definition) is 9. The van der Waals surface area contributed by atoms with Gasteiger partial charge in [-0.25, -0.2) is 4.79 Å². The van der Waals surface area contributed by atoms with Gasteiger partial charge in [0.15, 0.2) is 0 Å². The van der Waals surface area contributed by atoms with Gasteiger partial charge in [0.25, 0.3) is 0 Å². The lowest BCUT2D eigenvalue weighted by Crippen LogP contribution is -2.69. The van der Waals surface area contributed by atoms with Gasteiger partial charge in [-0.15, -0.1) is 6.58 Å². The smallest absolute Gasteiger partial charge is 0.409 e. The van der Waals surface area contributed by atoms with Crippen molar-refractivity contribution >= 4 is 11.8 Å². The van der Waals surface area contributed by atoms with Crippen molar-refractivity contribution in [1.82, 2.24) is 4.90 Å². The van der Waals surface area contributed by atoms with Gasteiger partial charge in [-0.2, -0.15) is 0 Å². The summed E-state index contributed by atoms with van der Waals surface area (Å²) in [6.07, 6.45) is 22.4. The molecule has 6 unspecified atom stereocenters. The third-order valence-corrected chi connectivity index (χ3v) is 12.7. The van der Waals surface area contributed by atoms with Crippen molar-refractivity contribution in [2.24, 2.45) is 22.9 Å². The molecule has 1 amide bonds. The van der Waals surface area contributed by atoms with Crippen LogP contribution in [0.15, 0.2) is 90.6 Å². The van der Waals surface area contributed by atoms with E-state index in [0.717, 1.165) is 67.4 Å². The van der Waals surface area contributed by atoms with Crippen molar-refractivity contribution in [2.75, 3.05) is 40.1 Å². The molecule has 2 aliphatic carbocycles. The number of benzene rings is 2. The zero-order valence-corrected chi connectivity index (χ0v) is 37.2. The Labute approximate surface area is 366 Å². The van der Waals surface area contributed by atoms with Gasteiger partial charge >= 0.3 is 6.09 Å². The molecule has 2 N–H and O–H groups in total. The van der Waals surface area contributed by atoms with Crippen LogP contribution in [0.25, 0.3) is 0 Å². The Balaban J connectivity index is 1.53. The van der Waals surface area contributed by atoms with Gasteiger partial charge in [-0.3, -0.25) is 0 Å². The molecule has 5 rings (SSSR count). The number of likely N-dealkylation sites (N-methyl/N-ethyl adjacent to an activating group) is 1. The number of unbranched alkanes of at least 4 members (excludes halogenated alkanes) is 11. The lowest BCUT2D eigenvalue weighted by Gasteiger charge is -2.59. The van der Waals surface area contributed by atoms with E-state index in [9.17, 15) is 15.0 Å². The van der Waals surface area contributed by atoms with Crippen LogP contribution in [-0.2, 0) is 20.9 Å². The van der Waals surface area contributed by atoms with E-state index in [0.29, 0.717) is 44.0 Å². The van der Waals surface area contributed by atoms with Gasteiger partial charge < -0.3 is 38.9 Å². The molecule has 2 aromatic rings. The summed E-state index contributed by atoms with van der Waals surface area (Å²) in [7, 11) is 1.78. The van der Waals surface area contributed by atoms with Crippen LogP contribution in [-0.4, -0.2) is 78.8 Å². The van der Waals surface area contributed by atoms with Gasteiger partial charge in [0.05, 0.1) is 24.8 Å². The molecule has 1 heterocycles. The average molecular weight is 843 g/mol. The molecule has 3 aliphatic rings. The predicted octanol–water partition coefficient (Wildman–Crippen LogP) is 11.1. The standard InChI is InChI=1S/C51H74N2O8/c1-5-8-9-10-11-12-13-14-15-23-34-58-50(56)53(4)47-37-45(52-60-38-39-24-17-16-18-25-39)43-35-40(26-19-21-30-54)42(27-20-22-31-55)48-44-36-41(57-32-6-2)28-29-46(44)61-51(47,49(43)48)59-33-7-3/h6-7,16-18,24-25,28-29,35-36,40,42,47-49,54-55H,2-3,5,8-15,19-23,26-27,30-34,37-38H2,1,4H3. The van der Waals surface area contributed by atoms with Gasteiger partial charge in [0.2, 0.25) is 5.79 Å². The molecule has 2 aromatic carbocycles. The average Bonchev–Trinajstić information content (AvgIpc) is 3.28. The molecular weight excluding hydrogens is 769 g/mol. The first-order chi connectivity index (χ1) is 29.9. The molecule has 1 aliphatic heterocycles. The second-order valence-corrected chi connectivity index (χ2v) is 17.0. The largest absolute Gasteiger partial charge is 0.490 e. The summed E-state index contributed by atoms with van der Waals surface area (Å²) in [5.41, 5.74) is 3.74. The normalized spacial score (nSPS) is 23.2. The fourth-order valence-electron chi connectivity index (χ4n) is 9.71. The van der Waals surface area contributed by atoms with E-state index < -0.39 is 23.8 Å². The fourth-order valence-corrected chi connectivity index (χ4v) is 9.71. The number of ether oxygens (including phenoxy) is 4. The maximum atomic E-state index is 14.2. The molecule has 1 saturated carbocycles. The Morgan fingerprint density at radius 3 is 2.26 bits per heavy atom. The number of amides is 1. The second-order valence-electron chi connectivity index (χ2n) is 17.0. The number of carbonyl (C=O) groups excluding carboxylic acids is 1. The molecule has 336 valence electrons. The quantitative estimate of drug-likeness (QED) is 0.0472. The minimum absolute atomic E-state index is 0.113. The molecule has 0 spiro atoms. The predicted molar refractivity (Wildman–Crippen MR) is 243 cm³/mol. The minimum Gasteiger partial charge on any atom is -0.490 e. The number of rotatable bonds is 29. The summed E-state index contributed by atoms with van der Waals surface area (Å²) >= 11 is 0. The number of carbonyl (C=O) groups is 1. The van der Waals surface area contributed by atoms with Crippen molar-refractivity contribution in [3.63, 3.8) is 0 Å². The minimum atomic E-state index is -1.34. The molecule has 0 bridgehead atoms. The Bertz CT molecular complexity index is 1700. The van der Waals surface area contributed by atoms with Crippen LogP contribution in [0.2, 0.25) is 0 Å². The van der Waals surface area contributed by atoms with Crippen LogP contribution in [0.3, 0.4) is 0 Å². The first-order valence-electron chi connectivity index (χ1n) is 23.3. The topological polar surface area (TPSA) is 119 Å². The van der Waals surface area contributed by atoms with E-state index >= 15 is 0 Å². The van der Waals surface area contributed by atoms with Crippen molar-refractivity contribution in [3.05, 3.63) is 96.6 Å². The molecule has 0 radical (unpaired) electrons.